The lowest BCUT2D eigenvalue weighted by molar-refractivity contribution is -0.152. The molecule has 0 unspecified atom stereocenters. The number of ether oxygens (including phenoxy) is 1. The van der Waals surface area contributed by atoms with E-state index in [1.165, 1.54) is 13.0 Å². The van der Waals surface area contributed by atoms with Crippen LogP contribution in [0.3, 0.4) is 0 Å². The zero-order valence-corrected chi connectivity index (χ0v) is 13.2. The minimum absolute atomic E-state index is 0.301. The van der Waals surface area contributed by atoms with Crippen LogP contribution < -0.4 is 5.32 Å². The molecule has 0 spiro atoms. The fourth-order valence-electron chi connectivity index (χ4n) is 1.86. The average molecular weight is 338 g/mol. The maximum absolute atomic E-state index is 12.4. The summed E-state index contributed by atoms with van der Waals surface area (Å²) in [4.78, 5) is 23.7. The Bertz CT molecular complexity index is 689. The lowest BCUT2D eigenvalue weighted by atomic mass is 10.1. The Balaban J connectivity index is 2.24. The molecule has 0 heterocycles. The molecule has 0 radical (unpaired) electrons. The van der Waals surface area contributed by atoms with Crippen LogP contribution in [0.1, 0.15) is 18.6 Å². The predicted molar refractivity (Wildman–Crippen MR) is 86.0 cm³/mol. The van der Waals surface area contributed by atoms with Crippen molar-refractivity contribution in [2.45, 2.75) is 13.0 Å². The Morgan fingerprint density at radius 3 is 2.36 bits per heavy atom. The summed E-state index contributed by atoms with van der Waals surface area (Å²) in [6.07, 6.45) is -1.05. The van der Waals surface area contributed by atoms with E-state index in [-0.39, 0.29) is 0 Å². The first-order valence-electron chi connectivity index (χ1n) is 6.45. The standard InChI is InChI=1S/C16H13Cl2NO3/c1-10(20)22-15(11-5-3-2-4-6-11)16(21)19-14-8-7-12(17)9-13(14)18/h2-9,15H,1H3,(H,19,21)/t15-/m1/s1. The molecule has 22 heavy (non-hydrogen) atoms. The van der Waals surface area contributed by atoms with Gasteiger partial charge in [-0.25, -0.2) is 0 Å². The summed E-state index contributed by atoms with van der Waals surface area (Å²) in [5, 5.41) is 3.40. The minimum Gasteiger partial charge on any atom is -0.447 e. The van der Waals surface area contributed by atoms with Crippen LogP contribution in [0, 0.1) is 0 Å². The molecular formula is C16H13Cl2NO3. The molecule has 1 N–H and O–H groups in total. The Labute approximate surface area is 138 Å². The third-order valence-electron chi connectivity index (χ3n) is 2.81. The molecule has 2 aromatic rings. The van der Waals surface area contributed by atoms with Crippen LogP contribution in [0.15, 0.2) is 48.5 Å². The molecule has 114 valence electrons. The number of carbonyl (C=O) groups excluding carboxylic acids is 2. The first-order valence-corrected chi connectivity index (χ1v) is 7.21. The lowest BCUT2D eigenvalue weighted by Gasteiger charge is -2.17. The number of nitrogens with one attached hydrogen (secondary N) is 1. The maximum Gasteiger partial charge on any atom is 0.303 e. The lowest BCUT2D eigenvalue weighted by Crippen LogP contribution is -2.25. The van der Waals surface area contributed by atoms with E-state index in [0.29, 0.717) is 21.3 Å². The van der Waals surface area contributed by atoms with Gasteiger partial charge in [0, 0.05) is 17.5 Å². The predicted octanol–water partition coefficient (Wildman–Crippen LogP) is 4.24. The van der Waals surface area contributed by atoms with Gasteiger partial charge in [0.05, 0.1) is 10.7 Å². The van der Waals surface area contributed by atoms with Crippen LogP contribution in [0.5, 0.6) is 0 Å². The van der Waals surface area contributed by atoms with Crippen LogP contribution in [-0.2, 0) is 14.3 Å². The van der Waals surface area contributed by atoms with Gasteiger partial charge in [-0.05, 0) is 18.2 Å². The summed E-state index contributed by atoms with van der Waals surface area (Å²) < 4.78 is 5.11. The third-order valence-corrected chi connectivity index (χ3v) is 3.36. The number of anilines is 1. The van der Waals surface area contributed by atoms with Crippen molar-refractivity contribution in [3.8, 4) is 0 Å². The van der Waals surface area contributed by atoms with Gasteiger partial charge in [0.1, 0.15) is 0 Å². The smallest absolute Gasteiger partial charge is 0.303 e. The van der Waals surface area contributed by atoms with Gasteiger partial charge < -0.3 is 10.1 Å². The SMILES string of the molecule is CC(=O)O[C@@H](C(=O)Nc1ccc(Cl)cc1Cl)c1ccccc1. The van der Waals surface area contributed by atoms with E-state index in [1.54, 1.807) is 36.4 Å². The van der Waals surface area contributed by atoms with E-state index < -0.39 is 18.0 Å². The van der Waals surface area contributed by atoms with E-state index >= 15 is 0 Å². The van der Waals surface area contributed by atoms with Crippen molar-refractivity contribution in [1.29, 1.82) is 0 Å². The quantitative estimate of drug-likeness (QED) is 0.849. The van der Waals surface area contributed by atoms with Crippen molar-refractivity contribution >= 4 is 40.8 Å². The van der Waals surface area contributed by atoms with Crippen LogP contribution in [0.4, 0.5) is 5.69 Å². The monoisotopic (exact) mass is 337 g/mol. The number of esters is 1. The Kier molecular flexibility index (Phi) is 5.41. The van der Waals surface area contributed by atoms with Crippen molar-refractivity contribution in [3.05, 3.63) is 64.1 Å². The highest BCUT2D eigenvalue weighted by atomic mass is 35.5. The largest absolute Gasteiger partial charge is 0.447 e. The van der Waals surface area contributed by atoms with Gasteiger partial charge >= 0.3 is 5.97 Å². The molecule has 0 aliphatic heterocycles. The number of hydrogen-bond acceptors (Lipinski definition) is 3. The number of carbonyl (C=O) groups is 2. The van der Waals surface area contributed by atoms with Gasteiger partial charge in [0.15, 0.2) is 0 Å². The summed E-state index contributed by atoms with van der Waals surface area (Å²) in [6.45, 7) is 1.25. The van der Waals surface area contributed by atoms with Crippen molar-refractivity contribution in [2.24, 2.45) is 0 Å². The molecule has 1 atom stereocenters. The first kappa shape index (κ1) is 16.3. The van der Waals surface area contributed by atoms with Gasteiger partial charge in [-0.1, -0.05) is 53.5 Å². The van der Waals surface area contributed by atoms with Crippen LogP contribution in [0.25, 0.3) is 0 Å². The third kappa shape index (κ3) is 4.23. The normalized spacial score (nSPS) is 11.6. The molecule has 1 amide bonds. The Morgan fingerprint density at radius 2 is 1.77 bits per heavy atom. The zero-order chi connectivity index (χ0) is 16.1. The Morgan fingerprint density at radius 1 is 1.09 bits per heavy atom. The zero-order valence-electron chi connectivity index (χ0n) is 11.7. The van der Waals surface area contributed by atoms with Crippen molar-refractivity contribution in [3.63, 3.8) is 0 Å². The molecule has 6 heteroatoms. The number of hydrogen-bond donors (Lipinski definition) is 1. The van der Waals surface area contributed by atoms with E-state index in [4.69, 9.17) is 27.9 Å². The molecular weight excluding hydrogens is 325 g/mol. The molecule has 0 aromatic heterocycles. The summed E-state index contributed by atoms with van der Waals surface area (Å²) in [5.74, 6) is -1.04. The molecule has 0 aliphatic rings. The highest BCUT2D eigenvalue weighted by molar-refractivity contribution is 6.36. The molecule has 2 rings (SSSR count). The van der Waals surface area contributed by atoms with Crippen LogP contribution >= 0.6 is 23.2 Å². The highest BCUT2D eigenvalue weighted by Crippen LogP contribution is 2.27. The number of rotatable bonds is 4. The summed E-state index contributed by atoms with van der Waals surface area (Å²) >= 11 is 11.8. The highest BCUT2D eigenvalue weighted by Gasteiger charge is 2.24. The van der Waals surface area contributed by atoms with E-state index in [2.05, 4.69) is 5.32 Å². The molecule has 0 fully saturated rings. The van der Waals surface area contributed by atoms with E-state index in [1.807, 2.05) is 6.07 Å². The van der Waals surface area contributed by atoms with Crippen molar-refractivity contribution < 1.29 is 14.3 Å². The fourth-order valence-corrected chi connectivity index (χ4v) is 2.31. The van der Waals surface area contributed by atoms with Gasteiger partial charge in [-0.2, -0.15) is 0 Å². The molecule has 0 aliphatic carbocycles. The van der Waals surface area contributed by atoms with Crippen LogP contribution in [0.2, 0.25) is 10.0 Å². The van der Waals surface area contributed by atoms with Gasteiger partial charge in [0.2, 0.25) is 6.10 Å². The second-order valence-electron chi connectivity index (χ2n) is 4.51. The fraction of sp³-hybridized carbons (Fsp3) is 0.125. The summed E-state index contributed by atoms with van der Waals surface area (Å²) in [6, 6.07) is 13.4. The van der Waals surface area contributed by atoms with E-state index in [0.717, 1.165) is 0 Å². The number of benzene rings is 2. The summed E-state index contributed by atoms with van der Waals surface area (Å²) in [7, 11) is 0. The average Bonchev–Trinajstić information content (AvgIpc) is 2.48. The second-order valence-corrected chi connectivity index (χ2v) is 5.36. The number of amides is 1. The van der Waals surface area contributed by atoms with Crippen LogP contribution in [-0.4, -0.2) is 11.9 Å². The molecule has 4 nitrogen and oxygen atoms in total. The van der Waals surface area contributed by atoms with Crippen molar-refractivity contribution in [2.75, 3.05) is 5.32 Å². The first-order chi connectivity index (χ1) is 10.5. The molecule has 0 saturated carbocycles. The van der Waals surface area contributed by atoms with E-state index in [9.17, 15) is 9.59 Å². The summed E-state index contributed by atoms with van der Waals surface area (Å²) in [5.41, 5.74) is 0.962. The molecule has 0 saturated heterocycles. The maximum atomic E-state index is 12.4. The van der Waals surface area contributed by atoms with Gasteiger partial charge in [-0.3, -0.25) is 9.59 Å². The van der Waals surface area contributed by atoms with Gasteiger partial charge in [-0.15, -0.1) is 0 Å². The Hall–Kier alpha value is -2.04. The topological polar surface area (TPSA) is 55.4 Å². The molecule has 0 bridgehead atoms. The molecule has 2 aromatic carbocycles. The van der Waals surface area contributed by atoms with Crippen molar-refractivity contribution in [1.82, 2.24) is 0 Å². The minimum atomic E-state index is -1.05. The van der Waals surface area contributed by atoms with Gasteiger partial charge in [0.25, 0.3) is 5.91 Å². The second kappa shape index (κ2) is 7.29. The number of halogens is 2.